The number of urea groups is 1. The van der Waals surface area contributed by atoms with Gasteiger partial charge >= 0.3 is 6.03 Å². The second-order valence-corrected chi connectivity index (χ2v) is 8.08. The molecule has 1 aromatic rings. The van der Waals surface area contributed by atoms with E-state index in [2.05, 4.69) is 31.4 Å². The molecule has 1 aliphatic rings. The lowest BCUT2D eigenvalue weighted by Crippen LogP contribution is -2.44. The van der Waals surface area contributed by atoms with Gasteiger partial charge in [0.15, 0.2) is 0 Å². The molecule has 1 saturated carbocycles. The Bertz CT molecular complexity index is 568. The lowest BCUT2D eigenvalue weighted by molar-refractivity contribution is 0.101. The SMILES string of the molecule is COc1ccccc1C(NC(=O)NCC1CCCC(O)C1)C(C)(C)C. The summed E-state index contributed by atoms with van der Waals surface area (Å²) in [5.41, 5.74) is 0.813. The van der Waals surface area contributed by atoms with Crippen molar-refractivity contribution in [2.45, 2.75) is 58.6 Å². The minimum Gasteiger partial charge on any atom is -0.496 e. The maximum atomic E-state index is 12.5. The number of para-hydroxylation sites is 1. The first-order valence-corrected chi connectivity index (χ1v) is 9.16. The molecule has 5 heteroatoms. The minimum absolute atomic E-state index is 0.160. The van der Waals surface area contributed by atoms with Crippen molar-refractivity contribution in [3.63, 3.8) is 0 Å². The van der Waals surface area contributed by atoms with Crippen molar-refractivity contribution in [1.29, 1.82) is 0 Å². The van der Waals surface area contributed by atoms with Crippen molar-refractivity contribution in [3.05, 3.63) is 29.8 Å². The van der Waals surface area contributed by atoms with E-state index in [9.17, 15) is 9.90 Å². The van der Waals surface area contributed by atoms with Crippen molar-refractivity contribution in [1.82, 2.24) is 10.6 Å². The molecule has 2 amide bonds. The number of amides is 2. The molecule has 0 aliphatic heterocycles. The van der Waals surface area contributed by atoms with E-state index in [1.807, 2.05) is 24.3 Å². The highest BCUT2D eigenvalue weighted by Gasteiger charge is 2.30. The molecule has 3 N–H and O–H groups in total. The van der Waals surface area contributed by atoms with Crippen molar-refractivity contribution >= 4 is 6.03 Å². The quantitative estimate of drug-likeness (QED) is 0.761. The summed E-state index contributed by atoms with van der Waals surface area (Å²) in [6, 6.07) is 7.45. The van der Waals surface area contributed by atoms with Crippen LogP contribution in [0.2, 0.25) is 0 Å². The topological polar surface area (TPSA) is 70.6 Å². The third-order valence-corrected chi connectivity index (χ3v) is 4.90. The summed E-state index contributed by atoms with van der Waals surface area (Å²) < 4.78 is 5.47. The molecule has 0 aromatic heterocycles. The number of hydrogen-bond acceptors (Lipinski definition) is 3. The standard InChI is InChI=1S/C20H32N2O3/c1-20(2,3)18(16-10-5-6-11-17(16)25-4)22-19(24)21-13-14-8-7-9-15(23)12-14/h5-6,10-11,14-15,18,23H,7-9,12-13H2,1-4H3,(H2,21,22,24). The number of carbonyl (C=O) groups is 1. The molecule has 5 nitrogen and oxygen atoms in total. The van der Waals surface area contributed by atoms with Crippen LogP contribution in [0.1, 0.15) is 58.1 Å². The van der Waals surface area contributed by atoms with E-state index in [-0.39, 0.29) is 23.6 Å². The Morgan fingerprint density at radius 1 is 1.32 bits per heavy atom. The Morgan fingerprint density at radius 2 is 2.04 bits per heavy atom. The zero-order chi connectivity index (χ0) is 18.4. The highest BCUT2D eigenvalue weighted by Crippen LogP contribution is 2.37. The van der Waals surface area contributed by atoms with Crippen LogP contribution in [0.5, 0.6) is 5.75 Å². The summed E-state index contributed by atoms with van der Waals surface area (Å²) in [6.45, 7) is 6.90. The molecule has 1 aliphatic carbocycles. The van der Waals surface area contributed by atoms with Crippen LogP contribution in [0.3, 0.4) is 0 Å². The Morgan fingerprint density at radius 3 is 2.68 bits per heavy atom. The smallest absolute Gasteiger partial charge is 0.315 e. The van der Waals surface area contributed by atoms with Gasteiger partial charge in [-0.2, -0.15) is 0 Å². The molecule has 3 unspecified atom stereocenters. The van der Waals surface area contributed by atoms with E-state index >= 15 is 0 Å². The van der Waals surface area contributed by atoms with Gasteiger partial charge in [0.2, 0.25) is 0 Å². The Kier molecular flexibility index (Phi) is 6.71. The van der Waals surface area contributed by atoms with Gasteiger partial charge < -0.3 is 20.5 Å². The van der Waals surface area contributed by atoms with Crippen LogP contribution >= 0.6 is 0 Å². The molecule has 0 bridgehead atoms. The Labute approximate surface area is 151 Å². The van der Waals surface area contributed by atoms with E-state index in [1.165, 1.54) is 0 Å². The largest absolute Gasteiger partial charge is 0.496 e. The van der Waals surface area contributed by atoms with Crippen LogP contribution in [0.25, 0.3) is 0 Å². The number of ether oxygens (including phenoxy) is 1. The maximum absolute atomic E-state index is 12.5. The Hall–Kier alpha value is -1.75. The second-order valence-electron chi connectivity index (χ2n) is 8.08. The molecule has 140 valence electrons. The fourth-order valence-electron chi connectivity index (χ4n) is 3.53. The first-order chi connectivity index (χ1) is 11.8. The number of benzene rings is 1. The van der Waals surface area contributed by atoms with E-state index in [1.54, 1.807) is 7.11 Å². The Balaban J connectivity index is 2.01. The van der Waals surface area contributed by atoms with E-state index < -0.39 is 0 Å². The predicted molar refractivity (Wildman–Crippen MR) is 99.7 cm³/mol. The number of aliphatic hydroxyl groups is 1. The van der Waals surface area contributed by atoms with Gasteiger partial charge in [-0.15, -0.1) is 0 Å². The highest BCUT2D eigenvalue weighted by atomic mass is 16.5. The van der Waals surface area contributed by atoms with Gasteiger partial charge in [0.05, 0.1) is 19.3 Å². The molecule has 0 saturated heterocycles. The van der Waals surface area contributed by atoms with Crippen LogP contribution in [0.4, 0.5) is 4.79 Å². The lowest BCUT2D eigenvalue weighted by Gasteiger charge is -2.33. The van der Waals surface area contributed by atoms with Crippen LogP contribution in [-0.2, 0) is 0 Å². The first kappa shape index (κ1) is 19.6. The van der Waals surface area contributed by atoms with Crippen LogP contribution in [0, 0.1) is 11.3 Å². The van der Waals surface area contributed by atoms with E-state index in [0.29, 0.717) is 12.5 Å². The molecular formula is C20H32N2O3. The maximum Gasteiger partial charge on any atom is 0.315 e. The average molecular weight is 348 g/mol. The predicted octanol–water partition coefficient (Wildman–Crippen LogP) is 3.63. The molecule has 0 spiro atoms. The van der Waals surface area contributed by atoms with E-state index in [0.717, 1.165) is 37.0 Å². The summed E-state index contributed by atoms with van der Waals surface area (Å²) in [7, 11) is 1.65. The third kappa shape index (κ3) is 5.63. The zero-order valence-corrected chi connectivity index (χ0v) is 15.8. The second kappa shape index (κ2) is 8.56. The normalized spacial score (nSPS) is 22.1. The van der Waals surface area contributed by atoms with Gasteiger partial charge in [-0.25, -0.2) is 4.79 Å². The molecule has 1 fully saturated rings. The van der Waals surface area contributed by atoms with Crippen LogP contribution in [0.15, 0.2) is 24.3 Å². The molecule has 2 rings (SSSR count). The number of nitrogens with one attached hydrogen (secondary N) is 2. The van der Waals surface area contributed by atoms with Crippen molar-refractivity contribution in [3.8, 4) is 5.75 Å². The molecule has 1 aromatic carbocycles. The number of aliphatic hydroxyl groups excluding tert-OH is 1. The van der Waals surface area contributed by atoms with Crippen LogP contribution in [-0.4, -0.2) is 30.9 Å². The van der Waals surface area contributed by atoms with Crippen molar-refractivity contribution in [2.75, 3.05) is 13.7 Å². The molecule has 0 radical (unpaired) electrons. The summed E-state index contributed by atoms with van der Waals surface area (Å²) in [6.07, 6.45) is 3.52. The fraction of sp³-hybridized carbons (Fsp3) is 0.650. The molecule has 3 atom stereocenters. The third-order valence-electron chi connectivity index (χ3n) is 4.90. The van der Waals surface area contributed by atoms with Gasteiger partial charge in [0, 0.05) is 12.1 Å². The van der Waals surface area contributed by atoms with Gasteiger partial charge in [-0.1, -0.05) is 45.4 Å². The zero-order valence-electron chi connectivity index (χ0n) is 15.8. The number of methoxy groups -OCH3 is 1. The summed E-state index contributed by atoms with van der Waals surface area (Å²) in [4.78, 5) is 12.5. The van der Waals surface area contributed by atoms with Crippen molar-refractivity contribution < 1.29 is 14.6 Å². The fourth-order valence-corrected chi connectivity index (χ4v) is 3.53. The summed E-state index contributed by atoms with van der Waals surface area (Å²) in [5, 5.41) is 15.8. The van der Waals surface area contributed by atoms with Gasteiger partial charge in [0.25, 0.3) is 0 Å². The number of hydrogen-bond donors (Lipinski definition) is 3. The molecule has 25 heavy (non-hydrogen) atoms. The summed E-state index contributed by atoms with van der Waals surface area (Å²) >= 11 is 0. The highest BCUT2D eigenvalue weighted by molar-refractivity contribution is 5.74. The molecule has 0 heterocycles. The lowest BCUT2D eigenvalue weighted by atomic mass is 9.82. The molecular weight excluding hydrogens is 316 g/mol. The first-order valence-electron chi connectivity index (χ1n) is 9.16. The van der Waals surface area contributed by atoms with Gasteiger partial charge in [-0.3, -0.25) is 0 Å². The van der Waals surface area contributed by atoms with E-state index in [4.69, 9.17) is 4.74 Å². The van der Waals surface area contributed by atoms with Gasteiger partial charge in [0.1, 0.15) is 5.75 Å². The monoisotopic (exact) mass is 348 g/mol. The van der Waals surface area contributed by atoms with Crippen molar-refractivity contribution in [2.24, 2.45) is 11.3 Å². The minimum atomic E-state index is -0.223. The number of rotatable bonds is 5. The van der Waals surface area contributed by atoms with Crippen LogP contribution < -0.4 is 15.4 Å². The van der Waals surface area contributed by atoms with Gasteiger partial charge in [-0.05, 0) is 36.7 Å². The number of carbonyl (C=O) groups excluding carboxylic acids is 1. The average Bonchev–Trinajstić information content (AvgIpc) is 2.57. The summed E-state index contributed by atoms with van der Waals surface area (Å²) in [5.74, 6) is 1.13.